The summed E-state index contributed by atoms with van der Waals surface area (Å²) < 4.78 is 21.9. The van der Waals surface area contributed by atoms with Crippen molar-refractivity contribution in [3.05, 3.63) is 275 Å². The lowest BCUT2D eigenvalue weighted by molar-refractivity contribution is 0.589. The van der Waals surface area contributed by atoms with E-state index in [4.69, 9.17) is 13.3 Å². The van der Waals surface area contributed by atoms with E-state index in [1.807, 2.05) is 0 Å². The fraction of sp³-hybridized carbons (Fsp3) is 0.205. The smallest absolute Gasteiger partial charge is 0.160 e. The number of hydrogen-bond acceptors (Lipinski definition) is 5. The summed E-state index contributed by atoms with van der Waals surface area (Å²) in [4.78, 5) is 4.84. The van der Waals surface area contributed by atoms with Gasteiger partial charge in [-0.25, -0.2) is 0 Å². The van der Waals surface area contributed by atoms with E-state index in [9.17, 15) is 0 Å². The van der Waals surface area contributed by atoms with Gasteiger partial charge in [-0.1, -0.05) is 217 Å². The maximum atomic E-state index is 7.50. The molecule has 5 nitrogen and oxygen atoms in total. The van der Waals surface area contributed by atoms with Crippen LogP contribution in [-0.2, 0) is 27.1 Å². The van der Waals surface area contributed by atoms with Crippen molar-refractivity contribution in [2.24, 2.45) is 0 Å². The summed E-state index contributed by atoms with van der Waals surface area (Å²) in [6.45, 7) is 27.5. The third-order valence-electron chi connectivity index (χ3n) is 18.8. The van der Waals surface area contributed by atoms with E-state index >= 15 is 0 Å². The summed E-state index contributed by atoms with van der Waals surface area (Å²) in [5.74, 6) is 0. The number of hydrogen-bond donors (Lipinski definition) is 0. The van der Waals surface area contributed by atoms with E-state index in [0.29, 0.717) is 0 Å². The molecule has 0 unspecified atom stereocenters. The average Bonchev–Trinajstić information content (AvgIpc) is 1.49. The summed E-state index contributed by atoms with van der Waals surface area (Å²) in [5.41, 5.74) is 21.4. The molecule has 0 atom stereocenters. The van der Waals surface area contributed by atoms with Gasteiger partial charge in [0.25, 0.3) is 0 Å². The summed E-state index contributed by atoms with van der Waals surface area (Å²) in [6, 6.07) is 85.5. The summed E-state index contributed by atoms with van der Waals surface area (Å²) in [5, 5.41) is 6.34. The highest BCUT2D eigenvalue weighted by atomic mass is 16.3. The van der Waals surface area contributed by atoms with Gasteiger partial charge in [0.05, 0.1) is 16.8 Å². The fourth-order valence-electron chi connectivity index (χ4n) is 14.1. The highest BCUT2D eigenvalue weighted by Crippen LogP contribution is 2.65. The van der Waals surface area contributed by atoms with E-state index in [1.165, 1.54) is 22.3 Å². The molecule has 3 aromatic heterocycles. The molecule has 11 aromatic carbocycles. The molecule has 1 aliphatic rings. The highest BCUT2D eigenvalue weighted by molar-refractivity contribution is 6.27. The predicted octanol–water partition coefficient (Wildman–Crippen LogP) is 23.9. The van der Waals surface area contributed by atoms with Crippen molar-refractivity contribution < 1.29 is 13.3 Å². The van der Waals surface area contributed by atoms with Crippen molar-refractivity contribution in [3.63, 3.8) is 0 Å². The van der Waals surface area contributed by atoms with Gasteiger partial charge in [0, 0.05) is 55.1 Å². The van der Waals surface area contributed by atoms with Gasteiger partial charge in [0.2, 0.25) is 0 Å². The monoisotopic (exact) mass is 1150 g/mol. The minimum atomic E-state index is -1.01. The standard InChI is InChI=1S/C83H74N2O3/c1-79(2,3)51-31-33-54(34-32-51)83(56-40-46-72-64(48-56)63-47-55(82(10,11)12)39-45-71(63)86-72)65-49-67(84(57-23-15-13-16-24-57)59-41-35-52(36-42-59)80(4,5)6)77-73(61-27-19-21-29-69(61)87-77)75(65)76-66(83)50-68(78-74(76)62-28-20-22-30-70(62)88-78)85(58-25-17-14-18-26-58)60-43-37-53(38-44-60)81(7,8)9/h13-50H,1-12H3. The lowest BCUT2D eigenvalue weighted by Crippen LogP contribution is -2.29. The molecule has 0 amide bonds. The molecule has 15 rings (SSSR count). The van der Waals surface area contributed by atoms with E-state index in [1.54, 1.807) is 0 Å². The van der Waals surface area contributed by atoms with E-state index in [0.717, 1.165) is 133 Å². The molecule has 1 aliphatic carbocycles. The summed E-state index contributed by atoms with van der Waals surface area (Å²) >= 11 is 0. The molecular weight excluding hydrogens is 1070 g/mol. The number of nitrogens with zero attached hydrogens (tertiary/aromatic N) is 2. The number of fused-ring (bicyclic) bond motifs is 14. The Hall–Kier alpha value is -9.58. The van der Waals surface area contributed by atoms with Crippen LogP contribution in [0.15, 0.2) is 244 Å². The molecule has 0 saturated heterocycles. The number of anilines is 6. The van der Waals surface area contributed by atoms with Crippen LogP contribution in [0.25, 0.3) is 76.9 Å². The summed E-state index contributed by atoms with van der Waals surface area (Å²) in [7, 11) is 0. The van der Waals surface area contributed by atoms with Crippen molar-refractivity contribution in [2.45, 2.75) is 110 Å². The number of benzene rings is 11. The minimum Gasteiger partial charge on any atom is -0.456 e. The zero-order valence-electron chi connectivity index (χ0n) is 52.6. The van der Waals surface area contributed by atoms with Crippen molar-refractivity contribution >= 4 is 99.9 Å². The third kappa shape index (κ3) is 8.63. The number of rotatable bonds is 8. The first-order chi connectivity index (χ1) is 42.2. The largest absolute Gasteiger partial charge is 0.456 e. The minimum absolute atomic E-state index is 0.0489. The molecule has 0 saturated carbocycles. The van der Waals surface area contributed by atoms with Crippen LogP contribution in [0.1, 0.15) is 128 Å². The zero-order valence-corrected chi connectivity index (χ0v) is 52.6. The first-order valence-corrected chi connectivity index (χ1v) is 31.1. The molecule has 0 aliphatic heterocycles. The second-order valence-electron chi connectivity index (χ2n) is 28.5. The molecule has 0 N–H and O–H groups in total. The van der Waals surface area contributed by atoms with Gasteiger partial charge in [0.1, 0.15) is 22.3 Å². The van der Waals surface area contributed by atoms with Gasteiger partial charge >= 0.3 is 0 Å². The Balaban J connectivity index is 1.18. The molecule has 88 heavy (non-hydrogen) atoms. The molecule has 14 aromatic rings. The van der Waals surface area contributed by atoms with Gasteiger partial charge in [-0.05, 0) is 174 Å². The van der Waals surface area contributed by atoms with Gasteiger partial charge in [-0.15, -0.1) is 0 Å². The van der Waals surface area contributed by atoms with Crippen LogP contribution in [0.4, 0.5) is 34.1 Å². The lowest BCUT2D eigenvalue weighted by atomic mass is 9.66. The normalized spacial score (nSPS) is 13.5. The fourth-order valence-corrected chi connectivity index (χ4v) is 14.1. The molecule has 0 fully saturated rings. The van der Waals surface area contributed by atoms with Gasteiger partial charge in [-0.3, -0.25) is 0 Å². The molecule has 5 heteroatoms. The number of para-hydroxylation sites is 4. The SMILES string of the molecule is CC(C)(C)c1ccc(N(c2ccccc2)c2cc3c(c4c2oc2ccccc24)-c2c(cc(N(c4ccccc4)c4ccc(C(C)(C)C)cc4)c4oc5ccccc5c24)C3(c2ccc(C(C)(C)C)cc2)c2ccc3oc4ccc(C(C)(C)C)cc4c3c2)cc1. The van der Waals surface area contributed by atoms with Crippen molar-refractivity contribution in [2.75, 3.05) is 9.80 Å². The average molecular weight is 1150 g/mol. The van der Waals surface area contributed by atoms with Crippen LogP contribution in [0.3, 0.4) is 0 Å². The Labute approximate surface area is 516 Å². The Morgan fingerprint density at radius 2 is 0.625 bits per heavy atom. The number of furan rings is 3. The quantitative estimate of drug-likeness (QED) is 0.152. The van der Waals surface area contributed by atoms with Gasteiger partial charge < -0.3 is 23.1 Å². The third-order valence-corrected chi connectivity index (χ3v) is 18.8. The molecule has 0 bridgehead atoms. The van der Waals surface area contributed by atoms with E-state index in [-0.39, 0.29) is 21.7 Å². The van der Waals surface area contributed by atoms with Crippen LogP contribution in [0.2, 0.25) is 0 Å². The topological polar surface area (TPSA) is 45.9 Å². The van der Waals surface area contributed by atoms with Crippen molar-refractivity contribution in [1.29, 1.82) is 0 Å². The molecule has 434 valence electrons. The van der Waals surface area contributed by atoms with Crippen LogP contribution >= 0.6 is 0 Å². The molecule has 0 radical (unpaired) electrons. The van der Waals surface area contributed by atoms with Crippen molar-refractivity contribution in [1.82, 2.24) is 0 Å². The summed E-state index contributed by atoms with van der Waals surface area (Å²) in [6.07, 6.45) is 0. The Bertz CT molecular complexity index is 4810. The van der Waals surface area contributed by atoms with E-state index < -0.39 is 5.41 Å². The van der Waals surface area contributed by atoms with Crippen molar-refractivity contribution in [3.8, 4) is 11.1 Å². The first-order valence-electron chi connectivity index (χ1n) is 31.1. The van der Waals surface area contributed by atoms with Crippen LogP contribution < -0.4 is 9.80 Å². The maximum absolute atomic E-state index is 7.50. The Morgan fingerprint density at radius 3 is 1.06 bits per heavy atom. The predicted molar refractivity (Wildman–Crippen MR) is 370 cm³/mol. The second-order valence-corrected chi connectivity index (χ2v) is 28.5. The molecule has 3 heterocycles. The Kier molecular flexibility index (Phi) is 12.3. The first kappa shape index (κ1) is 55.0. The maximum Gasteiger partial charge on any atom is 0.160 e. The Morgan fingerprint density at radius 1 is 0.284 bits per heavy atom. The second kappa shape index (κ2) is 19.7. The zero-order chi connectivity index (χ0) is 60.8. The molecule has 0 spiro atoms. The van der Waals surface area contributed by atoms with Gasteiger partial charge in [-0.2, -0.15) is 0 Å². The van der Waals surface area contributed by atoms with Crippen LogP contribution in [0, 0.1) is 0 Å². The van der Waals surface area contributed by atoms with Crippen LogP contribution in [-0.4, -0.2) is 0 Å². The van der Waals surface area contributed by atoms with Crippen LogP contribution in [0.5, 0.6) is 0 Å². The van der Waals surface area contributed by atoms with Gasteiger partial charge in [0.15, 0.2) is 11.2 Å². The highest BCUT2D eigenvalue weighted by Gasteiger charge is 2.51. The van der Waals surface area contributed by atoms with E-state index in [2.05, 4.69) is 323 Å². The lowest BCUT2D eigenvalue weighted by Gasteiger charge is -2.36. The molecular formula is C83H74N2O3.